The highest BCUT2D eigenvalue weighted by molar-refractivity contribution is 6.30. The molecule has 0 aliphatic carbocycles. The van der Waals surface area contributed by atoms with Gasteiger partial charge in [-0.05, 0) is 31.5 Å². The number of fused-ring (bicyclic) bond motifs is 1. The molecule has 0 amide bonds. The summed E-state index contributed by atoms with van der Waals surface area (Å²) in [7, 11) is 0. The van der Waals surface area contributed by atoms with Crippen molar-refractivity contribution in [3.05, 3.63) is 52.4 Å². The second-order valence-electron chi connectivity index (χ2n) is 4.78. The standard InChI is InChI=1S/C15H12ClN3O2/c1-8-3-12(14-9(2)18-19-13(14)4-8)15(20)21-11-5-10(16)6-17-7-11/h3-7H,1-2H3,(H,18,19). The number of aromatic amines is 1. The van der Waals surface area contributed by atoms with Gasteiger partial charge in [-0.15, -0.1) is 0 Å². The Balaban J connectivity index is 2.03. The van der Waals surface area contributed by atoms with Crippen molar-refractivity contribution in [2.45, 2.75) is 13.8 Å². The van der Waals surface area contributed by atoms with E-state index in [1.54, 1.807) is 12.1 Å². The van der Waals surface area contributed by atoms with Crippen molar-refractivity contribution >= 4 is 28.5 Å². The van der Waals surface area contributed by atoms with Gasteiger partial charge in [-0.25, -0.2) is 4.79 Å². The molecule has 1 N–H and O–H groups in total. The first-order chi connectivity index (χ1) is 10.0. The molecule has 0 radical (unpaired) electrons. The number of pyridine rings is 1. The van der Waals surface area contributed by atoms with Gasteiger partial charge in [0, 0.05) is 23.3 Å². The maximum Gasteiger partial charge on any atom is 0.344 e. The highest BCUT2D eigenvalue weighted by Gasteiger charge is 2.17. The number of nitrogens with zero attached hydrogens (tertiary/aromatic N) is 2. The number of carbonyl (C=O) groups excluding carboxylic acids is 1. The lowest BCUT2D eigenvalue weighted by molar-refractivity contribution is 0.0736. The van der Waals surface area contributed by atoms with E-state index in [1.165, 1.54) is 12.4 Å². The molecule has 0 aliphatic rings. The molecule has 1 aromatic carbocycles. The second kappa shape index (κ2) is 5.18. The molecule has 3 rings (SSSR count). The number of halogens is 1. The number of rotatable bonds is 2. The Labute approximate surface area is 125 Å². The summed E-state index contributed by atoms with van der Waals surface area (Å²) in [5.74, 6) is -0.152. The fraction of sp³-hybridized carbons (Fsp3) is 0.133. The Morgan fingerprint density at radius 1 is 1.24 bits per heavy atom. The van der Waals surface area contributed by atoms with E-state index in [9.17, 15) is 4.79 Å². The highest BCUT2D eigenvalue weighted by Crippen LogP contribution is 2.24. The Morgan fingerprint density at radius 3 is 2.81 bits per heavy atom. The highest BCUT2D eigenvalue weighted by atomic mass is 35.5. The zero-order valence-corrected chi connectivity index (χ0v) is 12.2. The van der Waals surface area contributed by atoms with E-state index >= 15 is 0 Å². The first kappa shape index (κ1) is 13.6. The van der Waals surface area contributed by atoms with Crippen LogP contribution in [0.15, 0.2) is 30.6 Å². The topological polar surface area (TPSA) is 67.9 Å². The lowest BCUT2D eigenvalue weighted by atomic mass is 10.0. The monoisotopic (exact) mass is 301 g/mol. The van der Waals surface area contributed by atoms with Crippen LogP contribution in [0, 0.1) is 13.8 Å². The quantitative estimate of drug-likeness (QED) is 0.736. The van der Waals surface area contributed by atoms with Gasteiger partial charge < -0.3 is 4.74 Å². The van der Waals surface area contributed by atoms with Crippen LogP contribution in [-0.4, -0.2) is 21.2 Å². The number of esters is 1. The summed E-state index contributed by atoms with van der Waals surface area (Å²) < 4.78 is 5.34. The number of hydrogen-bond donors (Lipinski definition) is 1. The molecule has 3 aromatic rings. The van der Waals surface area contributed by atoms with E-state index in [0.29, 0.717) is 16.3 Å². The molecule has 0 atom stereocenters. The van der Waals surface area contributed by atoms with Crippen molar-refractivity contribution in [2.24, 2.45) is 0 Å². The summed E-state index contributed by atoms with van der Waals surface area (Å²) in [6.45, 7) is 3.77. The summed E-state index contributed by atoms with van der Waals surface area (Å²) in [6.07, 6.45) is 2.92. The van der Waals surface area contributed by atoms with Gasteiger partial charge >= 0.3 is 5.97 Å². The zero-order valence-electron chi connectivity index (χ0n) is 11.5. The largest absolute Gasteiger partial charge is 0.421 e. The summed E-state index contributed by atoms with van der Waals surface area (Å²) in [5, 5.41) is 8.23. The molecule has 0 aliphatic heterocycles. The molecule has 5 nitrogen and oxygen atoms in total. The number of hydrogen-bond acceptors (Lipinski definition) is 4. The number of carbonyl (C=O) groups is 1. The van der Waals surface area contributed by atoms with Gasteiger partial charge in [0.25, 0.3) is 0 Å². The lowest BCUT2D eigenvalue weighted by Crippen LogP contribution is -2.09. The van der Waals surface area contributed by atoms with Gasteiger partial charge in [-0.3, -0.25) is 10.1 Å². The Kier molecular flexibility index (Phi) is 3.35. The van der Waals surface area contributed by atoms with Crippen LogP contribution in [-0.2, 0) is 0 Å². The Morgan fingerprint density at radius 2 is 2.05 bits per heavy atom. The maximum absolute atomic E-state index is 12.4. The van der Waals surface area contributed by atoms with E-state index in [4.69, 9.17) is 16.3 Å². The molecule has 106 valence electrons. The van der Waals surface area contributed by atoms with Crippen LogP contribution < -0.4 is 4.74 Å². The van der Waals surface area contributed by atoms with E-state index < -0.39 is 5.97 Å². The van der Waals surface area contributed by atoms with Gasteiger partial charge in [0.05, 0.1) is 22.3 Å². The first-order valence-corrected chi connectivity index (χ1v) is 6.70. The van der Waals surface area contributed by atoms with Crippen molar-refractivity contribution in [3.8, 4) is 5.75 Å². The third-order valence-electron chi connectivity index (χ3n) is 3.09. The van der Waals surface area contributed by atoms with Crippen LogP contribution in [0.3, 0.4) is 0 Å². The lowest BCUT2D eigenvalue weighted by Gasteiger charge is -2.06. The molecule has 21 heavy (non-hydrogen) atoms. The minimum absolute atomic E-state index is 0.309. The maximum atomic E-state index is 12.4. The number of aryl methyl sites for hydroxylation is 2. The molecule has 6 heteroatoms. The number of benzene rings is 1. The molecule has 2 heterocycles. The van der Waals surface area contributed by atoms with E-state index in [2.05, 4.69) is 15.2 Å². The van der Waals surface area contributed by atoms with E-state index in [1.807, 2.05) is 19.9 Å². The molecule has 0 fully saturated rings. The van der Waals surface area contributed by atoms with Crippen molar-refractivity contribution < 1.29 is 9.53 Å². The van der Waals surface area contributed by atoms with Crippen LogP contribution in [0.1, 0.15) is 21.6 Å². The molecule has 0 saturated carbocycles. The molecule has 0 bridgehead atoms. The Bertz CT molecular complexity index is 842. The van der Waals surface area contributed by atoms with Gasteiger partial charge in [0.2, 0.25) is 0 Å². The predicted octanol–water partition coefficient (Wildman–Crippen LogP) is 3.45. The predicted molar refractivity (Wildman–Crippen MR) is 79.8 cm³/mol. The van der Waals surface area contributed by atoms with Gasteiger partial charge in [0.1, 0.15) is 0 Å². The fourth-order valence-electron chi connectivity index (χ4n) is 2.22. The minimum atomic E-state index is -0.461. The SMILES string of the molecule is Cc1cc(C(=O)Oc2cncc(Cl)c2)c2c(C)[nH]nc2c1. The van der Waals surface area contributed by atoms with Crippen LogP contribution in [0.2, 0.25) is 5.02 Å². The average molecular weight is 302 g/mol. The molecule has 0 spiro atoms. The summed E-state index contributed by atoms with van der Waals surface area (Å²) in [5.41, 5.74) is 2.96. The zero-order chi connectivity index (χ0) is 15.0. The fourth-order valence-corrected chi connectivity index (χ4v) is 2.38. The number of aromatic nitrogens is 3. The number of ether oxygens (including phenoxy) is 1. The number of nitrogens with one attached hydrogen (secondary N) is 1. The third-order valence-corrected chi connectivity index (χ3v) is 3.30. The van der Waals surface area contributed by atoms with Crippen LogP contribution in [0.5, 0.6) is 5.75 Å². The van der Waals surface area contributed by atoms with Gasteiger partial charge in [-0.2, -0.15) is 5.10 Å². The first-order valence-electron chi connectivity index (χ1n) is 6.32. The van der Waals surface area contributed by atoms with Crippen LogP contribution >= 0.6 is 11.6 Å². The van der Waals surface area contributed by atoms with E-state index in [-0.39, 0.29) is 0 Å². The van der Waals surface area contributed by atoms with Gasteiger partial charge in [0.15, 0.2) is 5.75 Å². The van der Waals surface area contributed by atoms with Crippen LogP contribution in [0.25, 0.3) is 10.9 Å². The normalized spacial score (nSPS) is 10.8. The average Bonchev–Trinajstić information content (AvgIpc) is 2.79. The molecule has 2 aromatic heterocycles. The molecule has 0 saturated heterocycles. The van der Waals surface area contributed by atoms with Crippen molar-refractivity contribution in [3.63, 3.8) is 0 Å². The summed E-state index contributed by atoms with van der Waals surface area (Å²) >= 11 is 5.83. The molecular formula is C15H12ClN3O2. The minimum Gasteiger partial charge on any atom is -0.421 e. The van der Waals surface area contributed by atoms with Crippen molar-refractivity contribution in [1.82, 2.24) is 15.2 Å². The van der Waals surface area contributed by atoms with Gasteiger partial charge in [-0.1, -0.05) is 11.6 Å². The summed E-state index contributed by atoms with van der Waals surface area (Å²) in [6, 6.07) is 5.24. The van der Waals surface area contributed by atoms with Crippen molar-refractivity contribution in [1.29, 1.82) is 0 Å². The Hall–Kier alpha value is -2.40. The smallest absolute Gasteiger partial charge is 0.344 e. The molecule has 0 unspecified atom stereocenters. The summed E-state index contributed by atoms with van der Waals surface area (Å²) in [4.78, 5) is 16.3. The second-order valence-corrected chi connectivity index (χ2v) is 5.22. The van der Waals surface area contributed by atoms with Crippen LogP contribution in [0.4, 0.5) is 0 Å². The third kappa shape index (κ3) is 2.60. The van der Waals surface area contributed by atoms with Crippen molar-refractivity contribution in [2.75, 3.05) is 0 Å². The molecular weight excluding hydrogens is 290 g/mol. The van der Waals surface area contributed by atoms with E-state index in [0.717, 1.165) is 22.2 Å². The number of H-pyrrole nitrogens is 1.